The van der Waals surface area contributed by atoms with Crippen molar-refractivity contribution in [3.8, 4) is 0 Å². The molecule has 0 spiro atoms. The second-order valence-electron chi connectivity index (χ2n) is 2.41. The SMILES string of the molecule is O=C(CO[P+](=O)O)c1ccccc1Cl. The van der Waals surface area contributed by atoms with Gasteiger partial charge in [0, 0.05) is 10.1 Å². The first-order valence-electron chi connectivity index (χ1n) is 3.68. The van der Waals surface area contributed by atoms with Crippen LogP contribution in [0.2, 0.25) is 5.02 Å². The maximum atomic E-state index is 11.3. The molecule has 0 heterocycles. The summed E-state index contributed by atoms with van der Waals surface area (Å²) < 4.78 is 14.4. The first-order valence-corrected chi connectivity index (χ1v) is 5.19. The zero-order valence-electron chi connectivity index (χ0n) is 7.01. The Labute approximate surface area is 86.4 Å². The zero-order chi connectivity index (χ0) is 10.6. The summed E-state index contributed by atoms with van der Waals surface area (Å²) in [6.45, 7) is -0.449. The van der Waals surface area contributed by atoms with Crippen LogP contribution < -0.4 is 0 Å². The number of hydrogen-bond donors (Lipinski definition) is 1. The van der Waals surface area contributed by atoms with Crippen LogP contribution >= 0.6 is 19.9 Å². The third-order valence-corrected chi connectivity index (χ3v) is 2.16. The Morgan fingerprint density at radius 1 is 1.50 bits per heavy atom. The van der Waals surface area contributed by atoms with Gasteiger partial charge in [0.15, 0.2) is 12.4 Å². The van der Waals surface area contributed by atoms with Gasteiger partial charge in [-0.2, -0.15) is 0 Å². The average molecular weight is 234 g/mol. The van der Waals surface area contributed by atoms with E-state index < -0.39 is 20.6 Å². The lowest BCUT2D eigenvalue weighted by atomic mass is 10.1. The Kier molecular flexibility index (Phi) is 4.17. The molecule has 1 rings (SSSR count). The fraction of sp³-hybridized carbons (Fsp3) is 0.125. The number of carbonyl (C=O) groups excluding carboxylic acids is 1. The fourth-order valence-corrected chi connectivity index (χ4v) is 1.35. The van der Waals surface area contributed by atoms with Gasteiger partial charge in [0.05, 0.1) is 5.02 Å². The monoisotopic (exact) mass is 233 g/mol. The van der Waals surface area contributed by atoms with Crippen LogP contribution in [-0.4, -0.2) is 17.3 Å². The topological polar surface area (TPSA) is 63.6 Å². The van der Waals surface area contributed by atoms with Crippen LogP contribution in [0.3, 0.4) is 0 Å². The molecule has 0 aliphatic heterocycles. The first kappa shape index (κ1) is 11.3. The second kappa shape index (κ2) is 5.17. The fourth-order valence-electron chi connectivity index (χ4n) is 0.879. The first-order chi connectivity index (χ1) is 6.61. The van der Waals surface area contributed by atoms with Crippen molar-refractivity contribution in [3.63, 3.8) is 0 Å². The van der Waals surface area contributed by atoms with Crippen LogP contribution in [0.15, 0.2) is 24.3 Å². The molecule has 0 saturated carbocycles. The van der Waals surface area contributed by atoms with Crippen LogP contribution in [-0.2, 0) is 9.09 Å². The summed E-state index contributed by atoms with van der Waals surface area (Å²) >= 11 is 5.72. The van der Waals surface area contributed by atoms with Gasteiger partial charge in [-0.05, 0) is 12.1 Å². The molecule has 0 aliphatic rings. The summed E-state index contributed by atoms with van der Waals surface area (Å²) in [5, 5.41) is 0.300. The Balaban J connectivity index is 2.70. The molecular weight excluding hydrogens is 227 g/mol. The molecule has 0 aromatic heterocycles. The molecule has 0 radical (unpaired) electrons. The molecule has 0 amide bonds. The van der Waals surface area contributed by atoms with Crippen LogP contribution in [0.4, 0.5) is 0 Å². The predicted molar refractivity (Wildman–Crippen MR) is 51.6 cm³/mol. The van der Waals surface area contributed by atoms with Crippen molar-refractivity contribution < 1.29 is 18.8 Å². The highest BCUT2D eigenvalue weighted by atomic mass is 35.5. The van der Waals surface area contributed by atoms with Gasteiger partial charge < -0.3 is 0 Å². The molecule has 0 aliphatic carbocycles. The average Bonchev–Trinajstić information content (AvgIpc) is 2.15. The van der Waals surface area contributed by atoms with E-state index in [-0.39, 0.29) is 5.56 Å². The van der Waals surface area contributed by atoms with Gasteiger partial charge in [0.2, 0.25) is 0 Å². The molecule has 1 N–H and O–H groups in total. The zero-order valence-corrected chi connectivity index (χ0v) is 8.66. The third-order valence-electron chi connectivity index (χ3n) is 1.48. The van der Waals surface area contributed by atoms with Gasteiger partial charge in [-0.3, -0.25) is 4.79 Å². The summed E-state index contributed by atoms with van der Waals surface area (Å²) in [4.78, 5) is 19.6. The van der Waals surface area contributed by atoms with E-state index in [4.69, 9.17) is 16.5 Å². The molecule has 0 saturated heterocycles. The van der Waals surface area contributed by atoms with Gasteiger partial charge in [-0.15, -0.1) is 9.42 Å². The second-order valence-corrected chi connectivity index (χ2v) is 3.56. The Bertz CT molecular complexity index is 366. The van der Waals surface area contributed by atoms with E-state index in [1.54, 1.807) is 18.2 Å². The highest BCUT2D eigenvalue weighted by Crippen LogP contribution is 2.19. The van der Waals surface area contributed by atoms with Crippen LogP contribution in [0.5, 0.6) is 0 Å². The highest BCUT2D eigenvalue weighted by molar-refractivity contribution is 7.32. The van der Waals surface area contributed by atoms with Crippen molar-refractivity contribution in [3.05, 3.63) is 34.9 Å². The standard InChI is InChI=1S/C8H6ClO4P/c9-7-4-2-1-3-6(7)8(10)5-13-14(11)12/h1-4H,5H2/p+1. The molecule has 74 valence electrons. The summed E-state index contributed by atoms with van der Waals surface area (Å²) in [5.41, 5.74) is 0.283. The summed E-state index contributed by atoms with van der Waals surface area (Å²) in [6, 6.07) is 6.43. The Hall–Kier alpha value is -0.800. The smallest absolute Gasteiger partial charge is 0.291 e. The molecular formula is C8H7ClO4P+. The van der Waals surface area contributed by atoms with Gasteiger partial charge in [-0.1, -0.05) is 23.7 Å². The van der Waals surface area contributed by atoms with E-state index >= 15 is 0 Å². The number of benzene rings is 1. The van der Waals surface area contributed by atoms with E-state index in [0.717, 1.165) is 0 Å². The van der Waals surface area contributed by atoms with Crippen molar-refractivity contribution >= 4 is 25.6 Å². The minimum atomic E-state index is -2.75. The molecule has 4 nitrogen and oxygen atoms in total. The van der Waals surface area contributed by atoms with Crippen molar-refractivity contribution in [1.82, 2.24) is 0 Å². The minimum Gasteiger partial charge on any atom is -0.291 e. The number of hydrogen-bond acceptors (Lipinski definition) is 3. The van der Waals surface area contributed by atoms with E-state index in [1.807, 2.05) is 0 Å². The van der Waals surface area contributed by atoms with Gasteiger partial charge >= 0.3 is 8.25 Å². The molecule has 1 unspecified atom stereocenters. The molecule has 0 fully saturated rings. The lowest BCUT2D eigenvalue weighted by Crippen LogP contribution is -2.06. The quantitative estimate of drug-likeness (QED) is 0.640. The highest BCUT2D eigenvalue weighted by Gasteiger charge is 2.18. The molecule has 1 aromatic carbocycles. The van der Waals surface area contributed by atoms with E-state index in [2.05, 4.69) is 4.52 Å². The van der Waals surface area contributed by atoms with Crippen LogP contribution in [0, 0.1) is 0 Å². The van der Waals surface area contributed by atoms with E-state index in [1.165, 1.54) is 6.07 Å². The maximum absolute atomic E-state index is 11.3. The lowest BCUT2D eigenvalue weighted by molar-refractivity contribution is 0.0917. The number of Topliss-reactive ketones (excluding diaryl/α,β-unsaturated/α-hetero) is 1. The van der Waals surface area contributed by atoms with Crippen molar-refractivity contribution in [2.45, 2.75) is 0 Å². The summed E-state index contributed by atoms with van der Waals surface area (Å²) in [7, 11) is -2.75. The molecule has 14 heavy (non-hydrogen) atoms. The van der Waals surface area contributed by atoms with E-state index in [9.17, 15) is 9.36 Å². The molecule has 6 heteroatoms. The van der Waals surface area contributed by atoms with Gasteiger partial charge in [0.25, 0.3) is 0 Å². The molecule has 1 atom stereocenters. The predicted octanol–water partition coefficient (Wildman–Crippen LogP) is 2.19. The minimum absolute atomic E-state index is 0.283. The van der Waals surface area contributed by atoms with Gasteiger partial charge in [0.1, 0.15) is 0 Å². The molecule has 0 bridgehead atoms. The van der Waals surface area contributed by atoms with Crippen molar-refractivity contribution in [2.75, 3.05) is 6.61 Å². The Morgan fingerprint density at radius 3 is 2.71 bits per heavy atom. The normalized spacial score (nSPS) is 11.1. The number of ketones is 1. The van der Waals surface area contributed by atoms with E-state index in [0.29, 0.717) is 5.02 Å². The maximum Gasteiger partial charge on any atom is 0.695 e. The summed E-state index contributed by atoms with van der Waals surface area (Å²) in [6.07, 6.45) is 0. The van der Waals surface area contributed by atoms with Gasteiger partial charge in [-0.25, -0.2) is 0 Å². The Morgan fingerprint density at radius 2 is 2.14 bits per heavy atom. The number of halogens is 1. The van der Waals surface area contributed by atoms with Crippen LogP contribution in [0.25, 0.3) is 0 Å². The van der Waals surface area contributed by atoms with Crippen LogP contribution in [0.1, 0.15) is 10.4 Å². The molecule has 1 aromatic rings. The summed E-state index contributed by atoms with van der Waals surface area (Å²) in [5.74, 6) is -0.423. The number of rotatable bonds is 4. The van der Waals surface area contributed by atoms with Crippen molar-refractivity contribution in [1.29, 1.82) is 0 Å². The van der Waals surface area contributed by atoms with Crippen molar-refractivity contribution in [2.24, 2.45) is 0 Å². The third kappa shape index (κ3) is 3.16. The lowest BCUT2D eigenvalue weighted by Gasteiger charge is -1.98. The number of carbonyl (C=O) groups is 1. The largest absolute Gasteiger partial charge is 0.695 e.